The summed E-state index contributed by atoms with van der Waals surface area (Å²) in [5.74, 6) is 0.753. The fourth-order valence-electron chi connectivity index (χ4n) is 3.89. The van der Waals surface area contributed by atoms with Gasteiger partial charge in [-0.05, 0) is 53.9 Å². The number of hydrogen-bond acceptors (Lipinski definition) is 0. The Balaban J connectivity index is 1.96. The quantitative estimate of drug-likeness (QED) is 0.588. The van der Waals surface area contributed by atoms with E-state index in [1.807, 2.05) is 6.08 Å². The Labute approximate surface area is 134 Å². The second kappa shape index (κ2) is 7.45. The van der Waals surface area contributed by atoms with Crippen molar-refractivity contribution in [1.29, 1.82) is 0 Å². The summed E-state index contributed by atoms with van der Waals surface area (Å²) in [6, 6.07) is 17.7. The van der Waals surface area contributed by atoms with Gasteiger partial charge in [-0.3, -0.25) is 0 Å². The van der Waals surface area contributed by atoms with E-state index in [0.29, 0.717) is 0 Å². The SMILES string of the molecule is C=CCc1cccc(Cc2ccccc2)c1C1CCCCC1. The molecule has 0 amide bonds. The number of allylic oxidation sites excluding steroid dienone is 1. The lowest BCUT2D eigenvalue weighted by molar-refractivity contribution is 0.440. The summed E-state index contributed by atoms with van der Waals surface area (Å²) in [4.78, 5) is 0. The Morgan fingerprint density at radius 3 is 2.32 bits per heavy atom. The molecule has 114 valence electrons. The van der Waals surface area contributed by atoms with Crippen LogP contribution in [0.2, 0.25) is 0 Å². The van der Waals surface area contributed by atoms with Gasteiger partial charge in [0.15, 0.2) is 0 Å². The van der Waals surface area contributed by atoms with Gasteiger partial charge in [0.2, 0.25) is 0 Å². The van der Waals surface area contributed by atoms with E-state index in [1.165, 1.54) is 48.8 Å². The highest BCUT2D eigenvalue weighted by molar-refractivity contribution is 5.42. The highest BCUT2D eigenvalue weighted by Gasteiger charge is 2.21. The summed E-state index contributed by atoms with van der Waals surface area (Å²) in [6.07, 6.45) is 11.0. The molecule has 0 aromatic heterocycles. The lowest BCUT2D eigenvalue weighted by Gasteiger charge is -2.27. The van der Waals surface area contributed by atoms with Gasteiger partial charge in [0.1, 0.15) is 0 Å². The smallest absolute Gasteiger partial charge is 0.00228 e. The van der Waals surface area contributed by atoms with Crippen LogP contribution in [0.15, 0.2) is 61.2 Å². The van der Waals surface area contributed by atoms with Gasteiger partial charge in [-0.2, -0.15) is 0 Å². The molecule has 0 bridgehead atoms. The predicted molar refractivity (Wildman–Crippen MR) is 95.4 cm³/mol. The zero-order valence-corrected chi connectivity index (χ0v) is 13.4. The Morgan fingerprint density at radius 2 is 1.59 bits per heavy atom. The Morgan fingerprint density at radius 1 is 0.864 bits per heavy atom. The first-order valence-electron chi connectivity index (χ1n) is 8.64. The minimum absolute atomic E-state index is 0.753. The Kier molecular flexibility index (Phi) is 5.11. The summed E-state index contributed by atoms with van der Waals surface area (Å²) in [7, 11) is 0. The minimum atomic E-state index is 0.753. The van der Waals surface area contributed by atoms with Crippen LogP contribution in [0, 0.1) is 0 Å². The maximum atomic E-state index is 3.96. The minimum Gasteiger partial charge on any atom is -0.103 e. The van der Waals surface area contributed by atoms with Crippen molar-refractivity contribution in [3.63, 3.8) is 0 Å². The molecule has 3 rings (SSSR count). The highest BCUT2D eigenvalue weighted by Crippen LogP contribution is 2.37. The molecule has 0 radical (unpaired) electrons. The fourth-order valence-corrected chi connectivity index (χ4v) is 3.89. The van der Waals surface area contributed by atoms with Crippen molar-refractivity contribution in [3.05, 3.63) is 83.4 Å². The molecule has 0 heterocycles. The molecular formula is C22H26. The average Bonchev–Trinajstić information content (AvgIpc) is 2.57. The third-order valence-electron chi connectivity index (χ3n) is 4.90. The zero-order valence-electron chi connectivity index (χ0n) is 13.4. The number of hydrogen-bond donors (Lipinski definition) is 0. The molecule has 0 unspecified atom stereocenters. The van der Waals surface area contributed by atoms with Crippen LogP contribution in [0.4, 0.5) is 0 Å². The van der Waals surface area contributed by atoms with Gasteiger partial charge in [0.05, 0.1) is 0 Å². The van der Waals surface area contributed by atoms with E-state index in [9.17, 15) is 0 Å². The summed E-state index contributed by atoms with van der Waals surface area (Å²) in [5.41, 5.74) is 6.06. The first-order chi connectivity index (χ1) is 10.9. The third kappa shape index (κ3) is 3.50. The molecule has 1 aliphatic rings. The van der Waals surface area contributed by atoms with E-state index < -0.39 is 0 Å². The van der Waals surface area contributed by atoms with Crippen LogP contribution >= 0.6 is 0 Å². The average molecular weight is 290 g/mol. The van der Waals surface area contributed by atoms with Crippen LogP contribution in [0.25, 0.3) is 0 Å². The summed E-state index contributed by atoms with van der Waals surface area (Å²) in [5, 5.41) is 0. The van der Waals surface area contributed by atoms with Crippen molar-refractivity contribution in [3.8, 4) is 0 Å². The van der Waals surface area contributed by atoms with Gasteiger partial charge in [-0.25, -0.2) is 0 Å². The van der Waals surface area contributed by atoms with Gasteiger partial charge in [-0.1, -0.05) is 73.9 Å². The molecule has 0 atom stereocenters. The normalized spacial score (nSPS) is 15.6. The van der Waals surface area contributed by atoms with Crippen LogP contribution in [0.3, 0.4) is 0 Å². The Hall–Kier alpha value is -1.82. The van der Waals surface area contributed by atoms with Gasteiger partial charge < -0.3 is 0 Å². The third-order valence-corrected chi connectivity index (χ3v) is 4.90. The summed E-state index contributed by atoms with van der Waals surface area (Å²) < 4.78 is 0. The molecule has 2 aromatic rings. The van der Waals surface area contributed by atoms with E-state index in [2.05, 4.69) is 55.1 Å². The van der Waals surface area contributed by atoms with E-state index in [1.54, 1.807) is 5.56 Å². The summed E-state index contributed by atoms with van der Waals surface area (Å²) in [6.45, 7) is 3.96. The second-order valence-electron chi connectivity index (χ2n) is 6.48. The summed E-state index contributed by atoms with van der Waals surface area (Å²) >= 11 is 0. The van der Waals surface area contributed by atoms with Gasteiger partial charge in [0, 0.05) is 0 Å². The molecule has 22 heavy (non-hydrogen) atoms. The van der Waals surface area contributed by atoms with Crippen molar-refractivity contribution < 1.29 is 0 Å². The lowest BCUT2D eigenvalue weighted by atomic mass is 9.78. The highest BCUT2D eigenvalue weighted by atomic mass is 14.3. The van der Waals surface area contributed by atoms with Crippen LogP contribution in [-0.4, -0.2) is 0 Å². The largest absolute Gasteiger partial charge is 0.103 e. The molecule has 0 heteroatoms. The van der Waals surface area contributed by atoms with Crippen LogP contribution in [0.1, 0.15) is 60.3 Å². The molecule has 0 spiro atoms. The Bertz CT molecular complexity index is 603. The van der Waals surface area contributed by atoms with E-state index in [4.69, 9.17) is 0 Å². The molecule has 0 aliphatic heterocycles. The number of benzene rings is 2. The predicted octanol–water partition coefficient (Wildman–Crippen LogP) is 6.05. The molecule has 1 saturated carbocycles. The van der Waals surface area contributed by atoms with Crippen molar-refractivity contribution in [2.45, 2.75) is 50.9 Å². The fraction of sp³-hybridized carbons (Fsp3) is 0.364. The molecule has 0 nitrogen and oxygen atoms in total. The molecule has 0 N–H and O–H groups in total. The van der Waals surface area contributed by atoms with E-state index >= 15 is 0 Å². The molecule has 0 saturated heterocycles. The van der Waals surface area contributed by atoms with E-state index in [-0.39, 0.29) is 0 Å². The maximum absolute atomic E-state index is 3.96. The monoisotopic (exact) mass is 290 g/mol. The van der Waals surface area contributed by atoms with Crippen molar-refractivity contribution in [2.24, 2.45) is 0 Å². The van der Waals surface area contributed by atoms with Gasteiger partial charge in [0.25, 0.3) is 0 Å². The topological polar surface area (TPSA) is 0 Å². The van der Waals surface area contributed by atoms with Crippen molar-refractivity contribution >= 4 is 0 Å². The van der Waals surface area contributed by atoms with Gasteiger partial charge in [-0.15, -0.1) is 6.58 Å². The molecule has 2 aromatic carbocycles. The first kappa shape index (κ1) is 15.1. The molecular weight excluding hydrogens is 264 g/mol. The second-order valence-corrected chi connectivity index (χ2v) is 6.48. The molecule has 1 aliphatic carbocycles. The first-order valence-corrected chi connectivity index (χ1v) is 8.64. The number of rotatable bonds is 5. The standard InChI is InChI=1S/C22H26/c1-2-10-19-15-9-16-21(17-18-11-5-3-6-12-18)22(19)20-13-7-4-8-14-20/h2-3,5-6,9,11-12,15-16,20H,1,4,7-8,10,13-14,17H2. The van der Waals surface area contributed by atoms with Gasteiger partial charge >= 0.3 is 0 Å². The zero-order chi connectivity index (χ0) is 15.2. The van der Waals surface area contributed by atoms with Crippen molar-refractivity contribution in [2.75, 3.05) is 0 Å². The van der Waals surface area contributed by atoms with Crippen LogP contribution in [-0.2, 0) is 12.8 Å². The van der Waals surface area contributed by atoms with E-state index in [0.717, 1.165) is 18.8 Å². The maximum Gasteiger partial charge on any atom is -0.00228 e. The van der Waals surface area contributed by atoms with Crippen LogP contribution in [0.5, 0.6) is 0 Å². The van der Waals surface area contributed by atoms with Crippen molar-refractivity contribution in [1.82, 2.24) is 0 Å². The lowest BCUT2D eigenvalue weighted by Crippen LogP contribution is -2.11. The molecule has 1 fully saturated rings. The van der Waals surface area contributed by atoms with Crippen LogP contribution < -0.4 is 0 Å².